The minimum absolute atomic E-state index is 0.159. The summed E-state index contributed by atoms with van der Waals surface area (Å²) in [7, 11) is 0. The molecule has 0 heterocycles. The van der Waals surface area contributed by atoms with Gasteiger partial charge in [-0.25, -0.2) is 0 Å². The molecule has 0 aliphatic carbocycles. The fraction of sp³-hybridized carbons (Fsp3) is 0.333. The van der Waals surface area contributed by atoms with Gasteiger partial charge >= 0.3 is 0 Å². The Hall–Kier alpha value is -1.35. The van der Waals surface area contributed by atoms with Crippen LogP contribution in [-0.4, -0.2) is 17.2 Å². The predicted molar refractivity (Wildman–Crippen MR) is 63.5 cm³/mol. The van der Waals surface area contributed by atoms with E-state index in [0.29, 0.717) is 12.0 Å². The van der Waals surface area contributed by atoms with Crippen molar-refractivity contribution in [1.29, 1.82) is 0 Å². The summed E-state index contributed by atoms with van der Waals surface area (Å²) in [6.07, 6.45) is 1.10. The molecule has 0 bridgehead atoms. The number of alkyl halides is 1. The number of halogens is 1. The molecule has 0 aliphatic rings. The number of benzene rings is 1. The lowest BCUT2D eigenvalue weighted by Crippen LogP contribution is -2.36. The van der Waals surface area contributed by atoms with Crippen molar-refractivity contribution in [2.45, 2.75) is 25.3 Å². The Kier molecular flexibility index (Phi) is 4.99. The van der Waals surface area contributed by atoms with E-state index in [0.717, 1.165) is 6.42 Å². The fourth-order valence-electron chi connectivity index (χ4n) is 1.24. The second-order valence-electron chi connectivity index (χ2n) is 3.42. The van der Waals surface area contributed by atoms with Gasteiger partial charge in [0.05, 0.1) is 0 Å². The van der Waals surface area contributed by atoms with Gasteiger partial charge in [-0.05, 0) is 18.6 Å². The first kappa shape index (κ1) is 12.7. The number of Topliss-reactive ketones (excluding diaryl/α,β-unsaturated/α-hetero) is 1. The predicted octanol–water partition coefficient (Wildman–Crippen LogP) is 2.35. The van der Waals surface area contributed by atoms with Crippen LogP contribution in [0.15, 0.2) is 30.3 Å². The average molecular weight is 240 g/mol. The van der Waals surface area contributed by atoms with Crippen LogP contribution in [0.5, 0.6) is 0 Å². The smallest absolute Gasteiger partial charge is 0.252 e. The van der Waals surface area contributed by atoms with Crippen LogP contribution in [0.2, 0.25) is 0 Å². The van der Waals surface area contributed by atoms with Gasteiger partial charge in [-0.15, -0.1) is 0 Å². The molecule has 4 heteroatoms. The molecule has 0 spiro atoms. The van der Waals surface area contributed by atoms with Gasteiger partial charge in [0, 0.05) is 12.0 Å². The first-order valence-corrected chi connectivity index (χ1v) is 5.61. The Labute approximate surface area is 99.8 Å². The van der Waals surface area contributed by atoms with Crippen molar-refractivity contribution < 1.29 is 9.59 Å². The highest BCUT2D eigenvalue weighted by atomic mass is 35.5. The third kappa shape index (κ3) is 3.66. The van der Waals surface area contributed by atoms with Gasteiger partial charge in [0.15, 0.2) is 11.3 Å². The fourth-order valence-corrected chi connectivity index (χ4v) is 1.45. The molecule has 86 valence electrons. The van der Waals surface area contributed by atoms with Crippen LogP contribution in [0.1, 0.15) is 30.1 Å². The lowest BCUT2D eigenvalue weighted by molar-refractivity contribution is -0.119. The highest BCUT2D eigenvalue weighted by Crippen LogP contribution is 2.03. The van der Waals surface area contributed by atoms with Crippen molar-refractivity contribution in [1.82, 2.24) is 5.32 Å². The number of ketones is 1. The standard InChI is InChI=1S/C12H14ClNO2/c1-2-6-10(15)11(13)14-12(16)9-7-4-3-5-8-9/h3-5,7-8,11H,2,6H2,1H3,(H,14,16). The van der Waals surface area contributed by atoms with Crippen LogP contribution < -0.4 is 5.32 Å². The van der Waals surface area contributed by atoms with Crippen molar-refractivity contribution in [2.24, 2.45) is 0 Å². The molecular formula is C12H14ClNO2. The van der Waals surface area contributed by atoms with Gasteiger partial charge in [0.1, 0.15) is 0 Å². The first-order chi connectivity index (χ1) is 7.65. The Morgan fingerprint density at radius 2 is 1.94 bits per heavy atom. The van der Waals surface area contributed by atoms with E-state index < -0.39 is 5.50 Å². The maximum Gasteiger partial charge on any atom is 0.252 e. The summed E-state index contributed by atoms with van der Waals surface area (Å²) >= 11 is 5.77. The Morgan fingerprint density at radius 3 is 2.50 bits per heavy atom. The Morgan fingerprint density at radius 1 is 1.31 bits per heavy atom. The maximum absolute atomic E-state index is 11.6. The van der Waals surface area contributed by atoms with Crippen molar-refractivity contribution in [3.05, 3.63) is 35.9 Å². The topological polar surface area (TPSA) is 46.2 Å². The van der Waals surface area contributed by atoms with Gasteiger partial charge in [0.2, 0.25) is 0 Å². The molecular weight excluding hydrogens is 226 g/mol. The molecule has 0 saturated carbocycles. The van der Waals surface area contributed by atoms with Crippen molar-refractivity contribution in [3.8, 4) is 0 Å². The zero-order chi connectivity index (χ0) is 12.0. The summed E-state index contributed by atoms with van der Waals surface area (Å²) in [6.45, 7) is 1.89. The number of rotatable bonds is 5. The van der Waals surface area contributed by atoms with E-state index in [-0.39, 0.29) is 11.7 Å². The molecule has 1 aromatic carbocycles. The van der Waals surface area contributed by atoms with Crippen LogP contribution in [0.4, 0.5) is 0 Å². The molecule has 0 saturated heterocycles. The molecule has 1 atom stereocenters. The minimum Gasteiger partial charge on any atom is -0.330 e. The zero-order valence-electron chi connectivity index (χ0n) is 9.07. The molecule has 3 nitrogen and oxygen atoms in total. The number of nitrogens with one attached hydrogen (secondary N) is 1. The van der Waals surface area contributed by atoms with Gasteiger partial charge < -0.3 is 5.32 Å². The quantitative estimate of drug-likeness (QED) is 0.633. The highest BCUT2D eigenvalue weighted by Gasteiger charge is 2.17. The summed E-state index contributed by atoms with van der Waals surface area (Å²) in [5, 5.41) is 2.46. The van der Waals surface area contributed by atoms with Crippen molar-refractivity contribution >= 4 is 23.3 Å². The van der Waals surface area contributed by atoms with Gasteiger partial charge in [-0.3, -0.25) is 9.59 Å². The Bertz CT molecular complexity index is 365. The molecule has 1 amide bonds. The molecule has 0 fully saturated rings. The minimum atomic E-state index is -0.937. The molecule has 1 unspecified atom stereocenters. The summed E-state index contributed by atoms with van der Waals surface area (Å²) < 4.78 is 0. The molecule has 1 aromatic rings. The van der Waals surface area contributed by atoms with Crippen LogP contribution >= 0.6 is 11.6 Å². The van der Waals surface area contributed by atoms with E-state index in [1.165, 1.54) is 0 Å². The largest absolute Gasteiger partial charge is 0.330 e. The molecule has 0 aromatic heterocycles. The van der Waals surface area contributed by atoms with E-state index in [4.69, 9.17) is 11.6 Å². The van der Waals surface area contributed by atoms with Crippen LogP contribution in [-0.2, 0) is 4.79 Å². The van der Waals surface area contributed by atoms with Crippen LogP contribution in [0, 0.1) is 0 Å². The number of amides is 1. The molecule has 0 aliphatic heterocycles. The third-order valence-corrected chi connectivity index (χ3v) is 2.43. The summed E-state index contributed by atoms with van der Waals surface area (Å²) in [5.74, 6) is -0.487. The van der Waals surface area contributed by atoms with Crippen LogP contribution in [0.25, 0.3) is 0 Å². The van der Waals surface area contributed by atoms with Crippen LogP contribution in [0.3, 0.4) is 0 Å². The molecule has 0 radical (unpaired) electrons. The van der Waals surface area contributed by atoms with E-state index in [1.54, 1.807) is 24.3 Å². The normalized spacial score (nSPS) is 11.9. The van der Waals surface area contributed by atoms with Gasteiger partial charge in [-0.2, -0.15) is 0 Å². The van der Waals surface area contributed by atoms with Crippen molar-refractivity contribution in [3.63, 3.8) is 0 Å². The SMILES string of the molecule is CCCC(=O)C(Cl)NC(=O)c1ccccc1. The van der Waals surface area contributed by atoms with Crippen molar-refractivity contribution in [2.75, 3.05) is 0 Å². The molecule has 16 heavy (non-hydrogen) atoms. The molecule has 1 N–H and O–H groups in total. The lowest BCUT2D eigenvalue weighted by atomic mass is 10.2. The second kappa shape index (κ2) is 6.28. The van der Waals surface area contributed by atoms with E-state index in [1.807, 2.05) is 13.0 Å². The summed E-state index contributed by atoms with van der Waals surface area (Å²) in [6, 6.07) is 8.67. The van der Waals surface area contributed by atoms with Gasteiger partial charge in [-0.1, -0.05) is 36.7 Å². The molecule has 1 rings (SSSR count). The van der Waals surface area contributed by atoms with Gasteiger partial charge in [0.25, 0.3) is 5.91 Å². The number of carbonyl (C=O) groups excluding carboxylic acids is 2. The first-order valence-electron chi connectivity index (χ1n) is 5.18. The number of hydrogen-bond donors (Lipinski definition) is 1. The Balaban J connectivity index is 2.55. The number of carbonyl (C=O) groups is 2. The van der Waals surface area contributed by atoms with E-state index in [9.17, 15) is 9.59 Å². The van der Waals surface area contributed by atoms with E-state index in [2.05, 4.69) is 5.32 Å². The second-order valence-corrected chi connectivity index (χ2v) is 3.85. The number of hydrogen-bond acceptors (Lipinski definition) is 2. The average Bonchev–Trinajstić information content (AvgIpc) is 2.30. The third-order valence-electron chi connectivity index (χ3n) is 2.07. The summed E-state index contributed by atoms with van der Waals surface area (Å²) in [5.41, 5.74) is -0.440. The zero-order valence-corrected chi connectivity index (χ0v) is 9.83. The summed E-state index contributed by atoms with van der Waals surface area (Å²) in [4.78, 5) is 23.0. The lowest BCUT2D eigenvalue weighted by Gasteiger charge is -2.10. The highest BCUT2D eigenvalue weighted by molar-refractivity contribution is 6.32. The maximum atomic E-state index is 11.6. The monoisotopic (exact) mass is 239 g/mol. The van der Waals surface area contributed by atoms with E-state index >= 15 is 0 Å².